The van der Waals surface area contributed by atoms with Gasteiger partial charge >= 0.3 is 0 Å². The number of sulfonamides is 1. The maximum atomic E-state index is 12.7. The zero-order valence-corrected chi connectivity index (χ0v) is 17.2. The average molecular weight is 414 g/mol. The van der Waals surface area contributed by atoms with Crippen molar-refractivity contribution in [1.29, 1.82) is 0 Å². The highest BCUT2D eigenvalue weighted by molar-refractivity contribution is 7.89. The quantitative estimate of drug-likeness (QED) is 0.641. The second-order valence-electron chi connectivity index (χ2n) is 6.50. The molecule has 152 valence electrons. The Labute approximate surface area is 169 Å². The predicted octanol–water partition coefficient (Wildman–Crippen LogP) is 2.44. The lowest BCUT2D eigenvalue weighted by atomic mass is 10.1. The first-order valence-electron chi connectivity index (χ1n) is 8.79. The maximum absolute atomic E-state index is 12.7. The van der Waals surface area contributed by atoms with Crippen LogP contribution in [0.25, 0.3) is 0 Å². The fourth-order valence-electron chi connectivity index (χ4n) is 2.69. The van der Waals surface area contributed by atoms with Crippen LogP contribution in [0.2, 0.25) is 0 Å². The minimum atomic E-state index is -3.64. The molecule has 1 aromatic heterocycles. The van der Waals surface area contributed by atoms with Gasteiger partial charge in [-0.05, 0) is 42.0 Å². The molecule has 0 radical (unpaired) electrons. The molecule has 0 atom stereocenters. The standard InChI is InChI=1S/C20H22N4O4S/c1-23(2)29(26,27)17-9-10-19(28-3)18(13-17)22-20(25)16-7-5-15(6-8-16)14-24-12-4-11-21-24/h4-13H,14H2,1-3H3,(H,22,25). The maximum Gasteiger partial charge on any atom is 0.255 e. The van der Waals surface area contributed by atoms with Gasteiger partial charge in [0.1, 0.15) is 5.75 Å². The Hall–Kier alpha value is -3.17. The smallest absolute Gasteiger partial charge is 0.255 e. The summed E-state index contributed by atoms with van der Waals surface area (Å²) in [6.45, 7) is 0.604. The molecule has 1 heterocycles. The number of hydrogen-bond acceptors (Lipinski definition) is 5. The SMILES string of the molecule is COc1ccc(S(=O)(=O)N(C)C)cc1NC(=O)c1ccc(Cn2cccn2)cc1. The fourth-order valence-corrected chi connectivity index (χ4v) is 3.62. The van der Waals surface area contributed by atoms with Crippen molar-refractivity contribution < 1.29 is 17.9 Å². The minimum Gasteiger partial charge on any atom is -0.495 e. The molecule has 2 aromatic carbocycles. The Morgan fingerprint density at radius 3 is 2.48 bits per heavy atom. The summed E-state index contributed by atoms with van der Waals surface area (Å²) in [7, 11) is 0.711. The van der Waals surface area contributed by atoms with Gasteiger partial charge in [-0.3, -0.25) is 9.48 Å². The summed E-state index contributed by atoms with van der Waals surface area (Å²) in [6.07, 6.45) is 3.57. The molecule has 8 nitrogen and oxygen atoms in total. The molecule has 0 fully saturated rings. The van der Waals surface area contributed by atoms with Crippen molar-refractivity contribution >= 4 is 21.6 Å². The van der Waals surface area contributed by atoms with Crippen LogP contribution in [0.5, 0.6) is 5.75 Å². The van der Waals surface area contributed by atoms with Crippen LogP contribution in [0.3, 0.4) is 0 Å². The van der Waals surface area contributed by atoms with Gasteiger partial charge in [-0.1, -0.05) is 12.1 Å². The van der Waals surface area contributed by atoms with Crippen molar-refractivity contribution in [1.82, 2.24) is 14.1 Å². The Morgan fingerprint density at radius 2 is 1.90 bits per heavy atom. The molecule has 0 aliphatic carbocycles. The second-order valence-corrected chi connectivity index (χ2v) is 8.66. The van der Waals surface area contributed by atoms with E-state index in [9.17, 15) is 13.2 Å². The van der Waals surface area contributed by atoms with Gasteiger partial charge in [0, 0.05) is 32.1 Å². The molecule has 0 saturated heterocycles. The molecule has 29 heavy (non-hydrogen) atoms. The number of nitrogens with one attached hydrogen (secondary N) is 1. The Balaban J connectivity index is 1.80. The number of carbonyl (C=O) groups is 1. The van der Waals surface area contributed by atoms with Crippen LogP contribution in [0.4, 0.5) is 5.69 Å². The van der Waals surface area contributed by atoms with E-state index in [1.807, 2.05) is 24.4 Å². The van der Waals surface area contributed by atoms with Crippen molar-refractivity contribution in [2.45, 2.75) is 11.4 Å². The lowest BCUT2D eigenvalue weighted by Gasteiger charge is -2.15. The van der Waals surface area contributed by atoms with E-state index in [1.54, 1.807) is 23.0 Å². The molecule has 0 saturated carbocycles. The van der Waals surface area contributed by atoms with Gasteiger partial charge in [0.15, 0.2) is 0 Å². The first-order chi connectivity index (χ1) is 13.8. The molecule has 0 unspecified atom stereocenters. The number of carbonyl (C=O) groups excluding carboxylic acids is 1. The third-order valence-electron chi connectivity index (χ3n) is 4.32. The van der Waals surface area contributed by atoms with Crippen LogP contribution in [-0.4, -0.2) is 49.6 Å². The van der Waals surface area contributed by atoms with Crippen LogP contribution in [-0.2, 0) is 16.6 Å². The number of benzene rings is 2. The molecule has 9 heteroatoms. The summed E-state index contributed by atoms with van der Waals surface area (Å²) in [4.78, 5) is 12.7. The lowest BCUT2D eigenvalue weighted by molar-refractivity contribution is 0.102. The van der Waals surface area contributed by atoms with E-state index in [2.05, 4.69) is 10.4 Å². The molecular formula is C20H22N4O4S. The zero-order chi connectivity index (χ0) is 21.0. The van der Waals surface area contributed by atoms with Crippen LogP contribution in [0.15, 0.2) is 65.8 Å². The van der Waals surface area contributed by atoms with Crippen LogP contribution in [0, 0.1) is 0 Å². The number of rotatable bonds is 7. The molecule has 3 aromatic rings. The largest absolute Gasteiger partial charge is 0.495 e. The summed E-state index contributed by atoms with van der Waals surface area (Å²) in [6, 6.07) is 13.3. The van der Waals surface area contributed by atoms with Gasteiger partial charge in [0.05, 0.1) is 24.2 Å². The van der Waals surface area contributed by atoms with Gasteiger partial charge < -0.3 is 10.1 Å². The van der Waals surface area contributed by atoms with Crippen molar-refractivity contribution in [2.75, 3.05) is 26.5 Å². The second kappa shape index (κ2) is 8.46. The van der Waals surface area contributed by atoms with Crippen LogP contribution < -0.4 is 10.1 Å². The third kappa shape index (κ3) is 4.64. The van der Waals surface area contributed by atoms with Crippen LogP contribution in [0.1, 0.15) is 15.9 Å². The van der Waals surface area contributed by atoms with Gasteiger partial charge in [0.25, 0.3) is 5.91 Å². The lowest BCUT2D eigenvalue weighted by Crippen LogP contribution is -2.22. The molecule has 0 aliphatic rings. The highest BCUT2D eigenvalue weighted by Gasteiger charge is 2.20. The Bertz CT molecular complexity index is 1090. The first kappa shape index (κ1) is 20.6. The monoisotopic (exact) mass is 414 g/mol. The van der Waals surface area contributed by atoms with E-state index < -0.39 is 10.0 Å². The highest BCUT2D eigenvalue weighted by Crippen LogP contribution is 2.29. The van der Waals surface area contributed by atoms with E-state index in [-0.39, 0.29) is 16.5 Å². The van der Waals surface area contributed by atoms with E-state index in [0.29, 0.717) is 17.9 Å². The number of anilines is 1. The number of methoxy groups -OCH3 is 1. The number of aromatic nitrogens is 2. The Kier molecular flexibility index (Phi) is 6.00. The topological polar surface area (TPSA) is 93.5 Å². The number of hydrogen-bond donors (Lipinski definition) is 1. The molecule has 1 amide bonds. The van der Waals surface area contributed by atoms with E-state index in [0.717, 1.165) is 9.87 Å². The molecular weight excluding hydrogens is 392 g/mol. The van der Waals surface area contributed by atoms with Crippen molar-refractivity contribution in [3.63, 3.8) is 0 Å². The van der Waals surface area contributed by atoms with Crippen molar-refractivity contribution in [3.05, 3.63) is 72.1 Å². The van der Waals surface area contributed by atoms with Crippen LogP contribution >= 0.6 is 0 Å². The van der Waals surface area contributed by atoms with Gasteiger partial charge in [-0.15, -0.1) is 0 Å². The average Bonchev–Trinajstić information content (AvgIpc) is 3.21. The van der Waals surface area contributed by atoms with Crippen molar-refractivity contribution in [2.24, 2.45) is 0 Å². The number of amides is 1. The summed E-state index contributed by atoms with van der Waals surface area (Å²) in [5.41, 5.74) is 1.72. The normalized spacial score (nSPS) is 11.4. The summed E-state index contributed by atoms with van der Waals surface area (Å²) in [5, 5.41) is 6.89. The summed E-state index contributed by atoms with van der Waals surface area (Å²) in [5.74, 6) is -0.000279. The molecule has 0 bridgehead atoms. The van der Waals surface area contributed by atoms with E-state index >= 15 is 0 Å². The summed E-state index contributed by atoms with van der Waals surface area (Å²) < 4.78 is 32.9. The van der Waals surface area contributed by atoms with E-state index in [1.165, 1.54) is 39.4 Å². The molecule has 0 spiro atoms. The van der Waals surface area contributed by atoms with Gasteiger partial charge in [-0.25, -0.2) is 12.7 Å². The zero-order valence-electron chi connectivity index (χ0n) is 16.4. The van der Waals surface area contributed by atoms with E-state index in [4.69, 9.17) is 4.74 Å². The molecule has 0 aliphatic heterocycles. The summed E-state index contributed by atoms with van der Waals surface area (Å²) >= 11 is 0. The Morgan fingerprint density at radius 1 is 1.17 bits per heavy atom. The minimum absolute atomic E-state index is 0.0631. The third-order valence-corrected chi connectivity index (χ3v) is 6.13. The number of nitrogens with zero attached hydrogens (tertiary/aromatic N) is 3. The highest BCUT2D eigenvalue weighted by atomic mass is 32.2. The molecule has 1 N–H and O–H groups in total. The van der Waals surface area contributed by atoms with Crippen molar-refractivity contribution in [3.8, 4) is 5.75 Å². The number of ether oxygens (including phenoxy) is 1. The molecule has 3 rings (SSSR count). The predicted molar refractivity (Wildman–Crippen MR) is 110 cm³/mol. The van der Waals surface area contributed by atoms with Gasteiger partial charge in [0.2, 0.25) is 10.0 Å². The first-order valence-corrected chi connectivity index (χ1v) is 10.2. The van der Waals surface area contributed by atoms with Gasteiger partial charge in [-0.2, -0.15) is 5.10 Å². The fraction of sp³-hybridized carbons (Fsp3) is 0.200.